The minimum Gasteiger partial charge on any atom is -0.381 e. The zero-order chi connectivity index (χ0) is 17.8. The Morgan fingerprint density at radius 3 is 2.84 bits per heavy atom. The van der Waals surface area contributed by atoms with Gasteiger partial charge in [-0.3, -0.25) is 4.90 Å². The van der Waals surface area contributed by atoms with E-state index < -0.39 is 6.17 Å². The summed E-state index contributed by atoms with van der Waals surface area (Å²) in [6.07, 6.45) is 0.545. The SMILES string of the molecule is Cc1noc(C)c1CN1C[C@@H](F)C[C@H]1CNC(=O)NCC1CCOC1. The number of carbonyl (C=O) groups is 1. The van der Waals surface area contributed by atoms with Crippen molar-refractivity contribution in [1.82, 2.24) is 20.7 Å². The summed E-state index contributed by atoms with van der Waals surface area (Å²) in [5, 5.41) is 9.69. The van der Waals surface area contributed by atoms with Gasteiger partial charge in [0.05, 0.1) is 12.3 Å². The molecular formula is C17H27FN4O3. The van der Waals surface area contributed by atoms with Crippen molar-refractivity contribution in [2.24, 2.45) is 5.92 Å². The number of ether oxygens (including phenoxy) is 1. The Morgan fingerprint density at radius 2 is 2.16 bits per heavy atom. The summed E-state index contributed by atoms with van der Waals surface area (Å²) in [7, 11) is 0. The van der Waals surface area contributed by atoms with E-state index in [1.807, 2.05) is 13.8 Å². The number of halogens is 1. The van der Waals surface area contributed by atoms with Gasteiger partial charge in [-0.15, -0.1) is 0 Å². The van der Waals surface area contributed by atoms with Crippen LogP contribution in [0.25, 0.3) is 0 Å². The molecule has 1 aromatic rings. The second-order valence-electron chi connectivity index (χ2n) is 7.04. The lowest BCUT2D eigenvalue weighted by atomic mass is 10.1. The second kappa shape index (κ2) is 8.14. The monoisotopic (exact) mass is 354 g/mol. The van der Waals surface area contributed by atoms with Gasteiger partial charge in [-0.25, -0.2) is 9.18 Å². The highest BCUT2D eigenvalue weighted by Gasteiger charge is 2.33. The van der Waals surface area contributed by atoms with Crippen molar-refractivity contribution in [1.29, 1.82) is 0 Å². The van der Waals surface area contributed by atoms with Crippen LogP contribution in [0.5, 0.6) is 0 Å². The molecule has 2 aliphatic rings. The molecule has 25 heavy (non-hydrogen) atoms. The number of rotatable bonds is 6. The van der Waals surface area contributed by atoms with E-state index in [0.29, 0.717) is 45.1 Å². The van der Waals surface area contributed by atoms with Crippen molar-refractivity contribution < 1.29 is 18.4 Å². The fourth-order valence-electron chi connectivity index (χ4n) is 3.51. The molecule has 140 valence electrons. The number of nitrogens with zero attached hydrogens (tertiary/aromatic N) is 2. The van der Waals surface area contributed by atoms with Gasteiger partial charge < -0.3 is 19.9 Å². The van der Waals surface area contributed by atoms with Gasteiger partial charge in [-0.1, -0.05) is 5.16 Å². The number of aromatic nitrogens is 1. The van der Waals surface area contributed by atoms with Crippen LogP contribution in [-0.2, 0) is 11.3 Å². The number of amides is 2. The smallest absolute Gasteiger partial charge is 0.314 e. The van der Waals surface area contributed by atoms with Gasteiger partial charge in [0.15, 0.2) is 0 Å². The highest BCUT2D eigenvalue weighted by atomic mass is 19.1. The summed E-state index contributed by atoms with van der Waals surface area (Å²) in [6.45, 7) is 7.24. The molecule has 0 aromatic carbocycles. The molecule has 2 amide bonds. The molecule has 0 saturated carbocycles. The van der Waals surface area contributed by atoms with Crippen LogP contribution in [0.1, 0.15) is 29.9 Å². The van der Waals surface area contributed by atoms with E-state index in [2.05, 4.69) is 20.7 Å². The summed E-state index contributed by atoms with van der Waals surface area (Å²) in [4.78, 5) is 14.0. The number of hydrogen-bond acceptors (Lipinski definition) is 5. The molecule has 0 spiro atoms. The first kappa shape index (κ1) is 18.1. The van der Waals surface area contributed by atoms with Gasteiger partial charge in [0.1, 0.15) is 11.9 Å². The number of urea groups is 1. The van der Waals surface area contributed by atoms with Gasteiger partial charge in [-0.2, -0.15) is 0 Å². The van der Waals surface area contributed by atoms with Crippen LogP contribution in [-0.4, -0.2) is 61.1 Å². The first-order chi connectivity index (χ1) is 12.0. The molecule has 7 nitrogen and oxygen atoms in total. The van der Waals surface area contributed by atoms with E-state index in [9.17, 15) is 9.18 Å². The van der Waals surface area contributed by atoms with E-state index in [-0.39, 0.29) is 12.1 Å². The maximum Gasteiger partial charge on any atom is 0.314 e. The normalized spacial score (nSPS) is 26.9. The number of likely N-dealkylation sites (tertiary alicyclic amines) is 1. The van der Waals surface area contributed by atoms with Gasteiger partial charge in [0, 0.05) is 50.3 Å². The Kier molecular flexibility index (Phi) is 5.90. The average Bonchev–Trinajstić information content (AvgIpc) is 3.29. The largest absolute Gasteiger partial charge is 0.381 e. The maximum absolute atomic E-state index is 13.9. The van der Waals surface area contributed by atoms with Crippen LogP contribution in [0, 0.1) is 19.8 Å². The third-order valence-corrected chi connectivity index (χ3v) is 5.09. The molecule has 0 aliphatic carbocycles. The summed E-state index contributed by atoms with van der Waals surface area (Å²) < 4.78 is 24.4. The van der Waals surface area contributed by atoms with Gasteiger partial charge in [0.2, 0.25) is 0 Å². The van der Waals surface area contributed by atoms with Crippen molar-refractivity contribution >= 4 is 6.03 Å². The molecule has 2 aliphatic heterocycles. The van der Waals surface area contributed by atoms with Crippen molar-refractivity contribution in [2.45, 2.75) is 45.4 Å². The Labute approximate surface area is 147 Å². The lowest BCUT2D eigenvalue weighted by Crippen LogP contribution is -2.44. The van der Waals surface area contributed by atoms with Crippen LogP contribution in [0.15, 0.2) is 4.52 Å². The molecule has 1 aromatic heterocycles. The fourth-order valence-corrected chi connectivity index (χ4v) is 3.51. The maximum atomic E-state index is 13.9. The average molecular weight is 354 g/mol. The topological polar surface area (TPSA) is 79.6 Å². The van der Waals surface area contributed by atoms with Crippen LogP contribution < -0.4 is 10.6 Å². The Hall–Kier alpha value is -1.67. The van der Waals surface area contributed by atoms with E-state index >= 15 is 0 Å². The number of alkyl halides is 1. The standard InChI is InChI=1S/C17H27FN4O3/c1-11-16(12(2)25-21-11)9-22-8-14(18)5-15(22)7-20-17(23)19-6-13-3-4-24-10-13/h13-15H,3-10H2,1-2H3,(H2,19,20,23)/t13?,14-,15-/m0/s1. The number of nitrogens with one attached hydrogen (secondary N) is 2. The van der Waals surface area contributed by atoms with E-state index in [4.69, 9.17) is 9.26 Å². The summed E-state index contributed by atoms with van der Waals surface area (Å²) >= 11 is 0. The first-order valence-electron chi connectivity index (χ1n) is 8.92. The molecule has 0 radical (unpaired) electrons. The van der Waals surface area contributed by atoms with Gasteiger partial charge in [0.25, 0.3) is 0 Å². The molecule has 3 atom stereocenters. The van der Waals surface area contributed by atoms with Gasteiger partial charge >= 0.3 is 6.03 Å². The zero-order valence-corrected chi connectivity index (χ0v) is 14.9. The molecule has 0 bridgehead atoms. The predicted molar refractivity (Wildman–Crippen MR) is 90.0 cm³/mol. The molecule has 3 heterocycles. The lowest BCUT2D eigenvalue weighted by molar-refractivity contribution is 0.184. The Balaban J connectivity index is 1.47. The second-order valence-corrected chi connectivity index (χ2v) is 7.04. The fraction of sp³-hybridized carbons (Fsp3) is 0.765. The molecule has 3 rings (SSSR count). The highest BCUT2D eigenvalue weighted by molar-refractivity contribution is 5.73. The molecule has 8 heteroatoms. The van der Waals surface area contributed by atoms with E-state index in [1.54, 1.807) is 0 Å². The molecule has 1 unspecified atom stereocenters. The Morgan fingerprint density at radius 1 is 1.36 bits per heavy atom. The van der Waals surface area contributed by atoms with Gasteiger partial charge in [-0.05, 0) is 26.7 Å². The van der Waals surface area contributed by atoms with Crippen LogP contribution in [0.2, 0.25) is 0 Å². The summed E-state index contributed by atoms with van der Waals surface area (Å²) in [5.74, 6) is 1.16. The van der Waals surface area contributed by atoms with Crippen molar-refractivity contribution in [3.05, 3.63) is 17.0 Å². The first-order valence-corrected chi connectivity index (χ1v) is 8.92. The van der Waals surface area contributed by atoms with Crippen molar-refractivity contribution in [3.63, 3.8) is 0 Å². The van der Waals surface area contributed by atoms with Crippen LogP contribution in [0.3, 0.4) is 0 Å². The number of hydrogen-bond donors (Lipinski definition) is 2. The highest BCUT2D eigenvalue weighted by Crippen LogP contribution is 2.24. The van der Waals surface area contributed by atoms with Crippen LogP contribution in [0.4, 0.5) is 9.18 Å². The third kappa shape index (κ3) is 4.70. The molecule has 2 saturated heterocycles. The molecule has 2 N–H and O–H groups in total. The molecular weight excluding hydrogens is 327 g/mol. The van der Waals surface area contributed by atoms with E-state index in [1.165, 1.54) is 0 Å². The number of aryl methyl sites for hydroxylation is 2. The number of carbonyl (C=O) groups excluding carboxylic acids is 1. The molecule has 2 fully saturated rings. The van der Waals surface area contributed by atoms with Crippen LogP contribution >= 0.6 is 0 Å². The zero-order valence-electron chi connectivity index (χ0n) is 14.9. The lowest BCUT2D eigenvalue weighted by Gasteiger charge is -2.24. The summed E-state index contributed by atoms with van der Waals surface area (Å²) in [5.41, 5.74) is 1.84. The quantitative estimate of drug-likeness (QED) is 0.810. The minimum absolute atomic E-state index is 0.0238. The predicted octanol–water partition coefficient (Wildman–Crippen LogP) is 1.54. The van der Waals surface area contributed by atoms with Crippen molar-refractivity contribution in [2.75, 3.05) is 32.8 Å². The van der Waals surface area contributed by atoms with E-state index in [0.717, 1.165) is 30.0 Å². The minimum atomic E-state index is -0.869. The summed E-state index contributed by atoms with van der Waals surface area (Å²) in [6, 6.07) is -0.226. The third-order valence-electron chi connectivity index (χ3n) is 5.09. The van der Waals surface area contributed by atoms with Crippen molar-refractivity contribution in [3.8, 4) is 0 Å². The Bertz CT molecular complexity index is 569.